The highest BCUT2D eigenvalue weighted by molar-refractivity contribution is 9.10. The van der Waals surface area contributed by atoms with Crippen molar-refractivity contribution in [3.05, 3.63) is 73.3 Å². The molecule has 0 radical (unpaired) electrons. The van der Waals surface area contributed by atoms with E-state index < -0.39 is 0 Å². The van der Waals surface area contributed by atoms with Crippen LogP contribution in [0.5, 0.6) is 0 Å². The van der Waals surface area contributed by atoms with Crippen molar-refractivity contribution in [1.82, 2.24) is 4.57 Å². The van der Waals surface area contributed by atoms with Crippen molar-refractivity contribution in [1.29, 1.82) is 0 Å². The number of benzene rings is 2. The van der Waals surface area contributed by atoms with E-state index in [4.69, 9.17) is 0 Å². The van der Waals surface area contributed by atoms with Crippen molar-refractivity contribution >= 4 is 33.2 Å². The van der Waals surface area contributed by atoms with Gasteiger partial charge in [-0.25, -0.2) is 0 Å². The number of halogens is 1. The largest absolute Gasteiger partial charge is 0.316 e. The van der Waals surface area contributed by atoms with E-state index in [0.29, 0.717) is 5.56 Å². The molecule has 3 rings (SSSR count). The molecular formula is C23H25BrN2OS. The molecule has 0 aliphatic rings. The van der Waals surface area contributed by atoms with Crippen LogP contribution in [0, 0.1) is 13.8 Å². The van der Waals surface area contributed by atoms with Gasteiger partial charge in [0.1, 0.15) is 0 Å². The average Bonchev–Trinajstić information content (AvgIpc) is 3.01. The Kier molecular flexibility index (Phi) is 6.68. The van der Waals surface area contributed by atoms with E-state index in [0.717, 1.165) is 28.7 Å². The summed E-state index contributed by atoms with van der Waals surface area (Å²) in [6.07, 6.45) is 2.04. The molecule has 0 aliphatic heterocycles. The summed E-state index contributed by atoms with van der Waals surface area (Å²) in [7, 11) is 0. The minimum atomic E-state index is -0.209. The molecule has 0 spiro atoms. The molecule has 0 saturated carbocycles. The number of carbonyl (C=O) groups is 1. The highest BCUT2D eigenvalue weighted by Gasteiger charge is 2.16. The van der Waals surface area contributed by atoms with Crippen molar-refractivity contribution in [3.63, 3.8) is 0 Å². The molecule has 3 nitrogen and oxygen atoms in total. The monoisotopic (exact) mass is 456 g/mol. The molecule has 0 bridgehead atoms. The molecule has 2 aromatic carbocycles. The van der Waals surface area contributed by atoms with Crippen LogP contribution in [0.15, 0.2) is 51.9 Å². The van der Waals surface area contributed by atoms with E-state index in [1.807, 2.05) is 18.2 Å². The van der Waals surface area contributed by atoms with E-state index in [-0.39, 0.29) is 5.91 Å². The average molecular weight is 457 g/mol. The van der Waals surface area contributed by atoms with Crippen LogP contribution in [0.1, 0.15) is 46.6 Å². The van der Waals surface area contributed by atoms with Crippen LogP contribution in [0.2, 0.25) is 0 Å². The molecule has 0 unspecified atom stereocenters. The van der Waals surface area contributed by atoms with Crippen LogP contribution in [0.25, 0.3) is 11.3 Å². The Labute approximate surface area is 178 Å². The summed E-state index contributed by atoms with van der Waals surface area (Å²) < 4.78 is 3.06. The van der Waals surface area contributed by atoms with E-state index in [1.165, 1.54) is 27.3 Å². The van der Waals surface area contributed by atoms with Crippen molar-refractivity contribution in [3.8, 4) is 11.3 Å². The molecule has 0 fully saturated rings. The third-order valence-corrected chi connectivity index (χ3v) is 6.45. The molecule has 1 aromatic heterocycles. The van der Waals surface area contributed by atoms with Gasteiger partial charge in [0.15, 0.2) is 4.80 Å². The predicted octanol–water partition coefficient (Wildman–Crippen LogP) is 6.31. The van der Waals surface area contributed by atoms with Crippen LogP contribution in [-0.2, 0) is 13.0 Å². The number of aromatic nitrogens is 1. The van der Waals surface area contributed by atoms with Gasteiger partial charge >= 0.3 is 0 Å². The molecule has 3 aromatic rings. The summed E-state index contributed by atoms with van der Waals surface area (Å²) >= 11 is 5.06. The Morgan fingerprint density at radius 1 is 1.11 bits per heavy atom. The Bertz CT molecular complexity index is 1080. The van der Waals surface area contributed by atoms with E-state index >= 15 is 0 Å². The minimum absolute atomic E-state index is 0.209. The van der Waals surface area contributed by atoms with Gasteiger partial charge in [0, 0.05) is 21.5 Å². The summed E-state index contributed by atoms with van der Waals surface area (Å²) in [4.78, 5) is 19.3. The third kappa shape index (κ3) is 4.36. The second-order valence-electron chi connectivity index (χ2n) is 6.88. The molecule has 146 valence electrons. The molecular weight excluding hydrogens is 432 g/mol. The number of carbonyl (C=O) groups excluding carboxylic acids is 1. The van der Waals surface area contributed by atoms with Gasteiger partial charge in [-0.05, 0) is 68.1 Å². The number of amides is 1. The summed E-state index contributed by atoms with van der Waals surface area (Å²) in [6.45, 7) is 9.33. The molecule has 0 N–H and O–H groups in total. The molecule has 1 amide bonds. The fraction of sp³-hybridized carbons (Fsp3) is 0.304. The van der Waals surface area contributed by atoms with E-state index in [9.17, 15) is 4.79 Å². The van der Waals surface area contributed by atoms with Crippen molar-refractivity contribution in [2.24, 2.45) is 4.99 Å². The molecule has 0 aliphatic carbocycles. The maximum atomic E-state index is 12.8. The molecule has 5 heteroatoms. The van der Waals surface area contributed by atoms with Gasteiger partial charge in [-0.3, -0.25) is 4.79 Å². The van der Waals surface area contributed by atoms with Gasteiger partial charge < -0.3 is 4.57 Å². The van der Waals surface area contributed by atoms with Gasteiger partial charge in [0.2, 0.25) is 0 Å². The lowest BCUT2D eigenvalue weighted by atomic mass is 10.0. The minimum Gasteiger partial charge on any atom is -0.316 e. The zero-order valence-corrected chi connectivity index (χ0v) is 19.2. The maximum absolute atomic E-state index is 12.8. The highest BCUT2D eigenvalue weighted by atomic mass is 79.9. The van der Waals surface area contributed by atoms with Crippen molar-refractivity contribution < 1.29 is 4.79 Å². The number of rotatable bonds is 5. The van der Waals surface area contributed by atoms with Gasteiger partial charge in [-0.2, -0.15) is 4.99 Å². The highest BCUT2D eigenvalue weighted by Crippen LogP contribution is 2.29. The summed E-state index contributed by atoms with van der Waals surface area (Å²) in [6, 6.07) is 14.0. The van der Waals surface area contributed by atoms with Gasteiger partial charge in [-0.15, -0.1) is 11.3 Å². The number of hydrogen-bond acceptors (Lipinski definition) is 2. The first kappa shape index (κ1) is 20.7. The number of nitrogens with zero attached hydrogens (tertiary/aromatic N) is 2. The van der Waals surface area contributed by atoms with Gasteiger partial charge in [0.05, 0.1) is 5.69 Å². The van der Waals surface area contributed by atoms with Crippen molar-refractivity contribution in [2.45, 2.75) is 47.1 Å². The fourth-order valence-electron chi connectivity index (χ4n) is 3.21. The van der Waals surface area contributed by atoms with Crippen LogP contribution in [0.4, 0.5) is 0 Å². The first-order chi connectivity index (χ1) is 13.4. The Morgan fingerprint density at radius 2 is 1.89 bits per heavy atom. The SMILES string of the molecule is CCCc1sc(=NC(=O)c2cccc(Br)c2)n(CC)c1-c1ccc(C)c(C)c1. The molecule has 1 heterocycles. The second-order valence-corrected chi connectivity index (χ2v) is 8.85. The number of aryl methyl sites for hydroxylation is 3. The molecule has 0 saturated heterocycles. The van der Waals surface area contributed by atoms with E-state index in [1.54, 1.807) is 17.4 Å². The second kappa shape index (κ2) is 9.01. The lowest BCUT2D eigenvalue weighted by molar-refractivity contribution is 0.0997. The first-order valence-corrected chi connectivity index (χ1v) is 11.2. The lowest BCUT2D eigenvalue weighted by Crippen LogP contribution is -2.17. The van der Waals surface area contributed by atoms with E-state index in [2.05, 4.69) is 71.4 Å². The smallest absolute Gasteiger partial charge is 0.279 e. The molecule has 0 atom stereocenters. The van der Waals surface area contributed by atoms with Crippen molar-refractivity contribution in [2.75, 3.05) is 0 Å². The van der Waals surface area contributed by atoms with Crippen LogP contribution < -0.4 is 4.80 Å². The first-order valence-electron chi connectivity index (χ1n) is 9.59. The lowest BCUT2D eigenvalue weighted by Gasteiger charge is -2.11. The Hall–Kier alpha value is -1.98. The summed E-state index contributed by atoms with van der Waals surface area (Å²) in [5, 5.41) is 0. The normalized spacial score (nSPS) is 11.8. The van der Waals surface area contributed by atoms with Gasteiger partial charge in [-0.1, -0.05) is 47.5 Å². The summed E-state index contributed by atoms with van der Waals surface area (Å²) in [5.41, 5.74) is 5.54. The quantitative estimate of drug-likeness (QED) is 0.442. The summed E-state index contributed by atoms with van der Waals surface area (Å²) in [5.74, 6) is -0.209. The standard InChI is InChI=1S/C23H25BrN2OS/c1-5-8-20-21(17-12-11-15(3)16(4)13-17)26(6-2)23(28-20)25-22(27)18-9-7-10-19(24)14-18/h7,9-14H,5-6,8H2,1-4H3. The Morgan fingerprint density at radius 3 is 2.54 bits per heavy atom. The third-order valence-electron chi connectivity index (χ3n) is 4.82. The molecule has 28 heavy (non-hydrogen) atoms. The van der Waals surface area contributed by atoms with Crippen LogP contribution in [0.3, 0.4) is 0 Å². The van der Waals surface area contributed by atoms with Gasteiger partial charge in [0.25, 0.3) is 5.91 Å². The number of thiazole rings is 1. The predicted molar refractivity (Wildman–Crippen MR) is 121 cm³/mol. The topological polar surface area (TPSA) is 34.4 Å². The zero-order valence-electron chi connectivity index (χ0n) is 16.8. The zero-order chi connectivity index (χ0) is 20.3. The maximum Gasteiger partial charge on any atom is 0.279 e. The van der Waals surface area contributed by atoms with Crippen LogP contribution >= 0.6 is 27.3 Å². The fourth-order valence-corrected chi connectivity index (χ4v) is 4.92. The van der Waals surface area contributed by atoms with Crippen LogP contribution in [-0.4, -0.2) is 10.5 Å². The number of hydrogen-bond donors (Lipinski definition) is 0. The Balaban J connectivity index is 2.17.